The van der Waals surface area contributed by atoms with Gasteiger partial charge in [0.25, 0.3) is 0 Å². The van der Waals surface area contributed by atoms with E-state index >= 15 is 0 Å². The third kappa shape index (κ3) is 4.90. The first-order chi connectivity index (χ1) is 21.5. The Hall–Kier alpha value is -4.97. The van der Waals surface area contributed by atoms with Crippen molar-refractivity contribution in [1.29, 1.82) is 0 Å². The number of hydrogen-bond donors (Lipinski definition) is 0. The van der Waals surface area contributed by atoms with Crippen LogP contribution in [0.1, 0.15) is 43.9 Å². The van der Waals surface area contributed by atoms with E-state index in [0.717, 1.165) is 69.9 Å². The Morgan fingerprint density at radius 3 is 1.95 bits per heavy atom. The Balaban J connectivity index is 1.55. The Morgan fingerprint density at radius 2 is 1.41 bits per heavy atom. The van der Waals surface area contributed by atoms with Gasteiger partial charge in [-0.2, -0.15) is 10.2 Å². The first-order valence-corrected chi connectivity index (χ1v) is 15.5. The molecule has 220 valence electrons. The standard InChI is InChI=1S/C38H37N5O/c1-27(2)44-33-19-20-35-34(24-33)37(29-23-36(40-39-25-29)42-22-21-28(3)26-42)41-43(35)38(30-13-7-4-8-14-30,31-15-9-5-10-16-31)32-17-11-6-12-18-32/h4-20,23-25,27-28H,21-22,26H2,1-3H3. The zero-order valence-electron chi connectivity index (χ0n) is 25.5. The molecule has 0 N–H and O–H groups in total. The van der Waals surface area contributed by atoms with Crippen molar-refractivity contribution < 1.29 is 4.74 Å². The van der Waals surface area contributed by atoms with Crippen molar-refractivity contribution in [2.75, 3.05) is 18.0 Å². The number of hydrogen-bond acceptors (Lipinski definition) is 5. The SMILES string of the molecule is CC1CCN(c2cc(-c3nn(C(c4ccccc4)(c4ccccc4)c4ccccc4)c4ccc(OC(C)C)cc34)cnn2)C1. The lowest BCUT2D eigenvalue weighted by molar-refractivity contribution is 0.243. The normalized spacial score (nSPS) is 15.3. The monoisotopic (exact) mass is 579 g/mol. The van der Waals surface area contributed by atoms with Crippen LogP contribution in [0.3, 0.4) is 0 Å². The van der Waals surface area contributed by atoms with Crippen LogP contribution in [0.4, 0.5) is 5.82 Å². The summed E-state index contributed by atoms with van der Waals surface area (Å²) in [5.41, 5.74) is 5.39. The zero-order valence-corrected chi connectivity index (χ0v) is 25.5. The minimum absolute atomic E-state index is 0.0503. The molecule has 3 heterocycles. The van der Waals surface area contributed by atoms with Crippen LogP contribution in [0, 0.1) is 5.92 Å². The third-order valence-corrected chi connectivity index (χ3v) is 8.58. The van der Waals surface area contributed by atoms with Crippen molar-refractivity contribution in [2.45, 2.75) is 38.8 Å². The van der Waals surface area contributed by atoms with E-state index in [2.05, 4.69) is 156 Å². The van der Waals surface area contributed by atoms with Gasteiger partial charge in [0.15, 0.2) is 5.82 Å². The van der Waals surface area contributed by atoms with Crippen LogP contribution in [0.2, 0.25) is 0 Å². The molecule has 6 nitrogen and oxygen atoms in total. The van der Waals surface area contributed by atoms with E-state index in [1.165, 1.54) is 0 Å². The first kappa shape index (κ1) is 27.8. The lowest BCUT2D eigenvalue weighted by Gasteiger charge is -2.37. The second-order valence-corrected chi connectivity index (χ2v) is 12.1. The van der Waals surface area contributed by atoms with E-state index in [0.29, 0.717) is 5.92 Å². The van der Waals surface area contributed by atoms with Gasteiger partial charge < -0.3 is 9.64 Å². The van der Waals surface area contributed by atoms with Gasteiger partial charge in [-0.3, -0.25) is 0 Å². The highest BCUT2D eigenvalue weighted by molar-refractivity contribution is 5.95. The molecule has 1 fully saturated rings. The molecular formula is C38H37N5O. The summed E-state index contributed by atoms with van der Waals surface area (Å²) >= 11 is 0. The lowest BCUT2D eigenvalue weighted by Crippen LogP contribution is -2.38. The van der Waals surface area contributed by atoms with Gasteiger partial charge in [-0.05, 0) is 67.1 Å². The van der Waals surface area contributed by atoms with Gasteiger partial charge in [-0.15, -0.1) is 5.10 Å². The molecule has 0 radical (unpaired) electrons. The van der Waals surface area contributed by atoms with Crippen LogP contribution in [0.25, 0.3) is 22.2 Å². The second kappa shape index (κ2) is 11.6. The molecular weight excluding hydrogens is 542 g/mol. The van der Waals surface area contributed by atoms with Crippen molar-refractivity contribution in [2.24, 2.45) is 5.92 Å². The van der Waals surface area contributed by atoms with Gasteiger partial charge >= 0.3 is 0 Å². The van der Waals surface area contributed by atoms with Crippen molar-refractivity contribution >= 4 is 16.7 Å². The van der Waals surface area contributed by atoms with Crippen molar-refractivity contribution in [3.8, 4) is 17.0 Å². The molecule has 1 atom stereocenters. The number of fused-ring (bicyclic) bond motifs is 1. The Labute approximate surface area is 259 Å². The summed E-state index contributed by atoms with van der Waals surface area (Å²) in [4.78, 5) is 2.33. The third-order valence-electron chi connectivity index (χ3n) is 8.58. The number of anilines is 1. The van der Waals surface area contributed by atoms with E-state index in [4.69, 9.17) is 9.84 Å². The van der Waals surface area contributed by atoms with Crippen LogP contribution in [-0.4, -0.2) is 39.2 Å². The minimum atomic E-state index is -0.756. The first-order valence-electron chi connectivity index (χ1n) is 15.5. The molecule has 4 aromatic carbocycles. The number of benzene rings is 4. The lowest BCUT2D eigenvalue weighted by atomic mass is 9.77. The summed E-state index contributed by atoms with van der Waals surface area (Å²) in [5.74, 6) is 2.35. The highest BCUT2D eigenvalue weighted by Gasteiger charge is 2.41. The largest absolute Gasteiger partial charge is 0.491 e. The van der Waals surface area contributed by atoms with E-state index in [-0.39, 0.29) is 6.10 Å². The molecule has 7 rings (SSSR count). The van der Waals surface area contributed by atoms with Gasteiger partial charge in [-0.25, -0.2) is 4.68 Å². The molecule has 0 aliphatic carbocycles. The zero-order chi connectivity index (χ0) is 30.1. The molecule has 1 aliphatic rings. The number of aromatic nitrogens is 4. The maximum atomic E-state index is 6.21. The van der Waals surface area contributed by atoms with Crippen LogP contribution < -0.4 is 9.64 Å². The fourth-order valence-corrected chi connectivity index (χ4v) is 6.60. The average Bonchev–Trinajstić information content (AvgIpc) is 3.67. The summed E-state index contributed by atoms with van der Waals surface area (Å²) in [6.45, 7) is 8.36. The summed E-state index contributed by atoms with van der Waals surface area (Å²) in [7, 11) is 0. The van der Waals surface area contributed by atoms with E-state index in [1.807, 2.05) is 6.20 Å². The van der Waals surface area contributed by atoms with Crippen molar-refractivity contribution in [3.63, 3.8) is 0 Å². The molecule has 1 saturated heterocycles. The fourth-order valence-electron chi connectivity index (χ4n) is 6.60. The smallest absolute Gasteiger partial charge is 0.151 e. The van der Waals surface area contributed by atoms with Crippen LogP contribution in [-0.2, 0) is 5.54 Å². The van der Waals surface area contributed by atoms with E-state index in [1.54, 1.807) is 0 Å². The molecule has 2 aromatic heterocycles. The Morgan fingerprint density at radius 1 is 0.795 bits per heavy atom. The van der Waals surface area contributed by atoms with E-state index in [9.17, 15) is 0 Å². The summed E-state index contributed by atoms with van der Waals surface area (Å²) in [6.07, 6.45) is 3.04. The molecule has 6 aromatic rings. The Bertz CT molecular complexity index is 1770. The fraction of sp³-hybridized carbons (Fsp3) is 0.237. The molecule has 6 heteroatoms. The quantitative estimate of drug-likeness (QED) is 0.171. The summed E-state index contributed by atoms with van der Waals surface area (Å²) in [6, 6.07) is 40.5. The molecule has 1 unspecified atom stereocenters. The van der Waals surface area contributed by atoms with E-state index < -0.39 is 5.54 Å². The predicted molar refractivity (Wildman–Crippen MR) is 177 cm³/mol. The molecule has 0 saturated carbocycles. The van der Waals surface area contributed by atoms with Crippen LogP contribution in [0.15, 0.2) is 121 Å². The maximum absolute atomic E-state index is 6.21. The molecule has 44 heavy (non-hydrogen) atoms. The number of ether oxygens (including phenoxy) is 1. The highest BCUT2D eigenvalue weighted by atomic mass is 16.5. The van der Waals surface area contributed by atoms with Crippen molar-refractivity contribution in [1.82, 2.24) is 20.0 Å². The van der Waals surface area contributed by atoms with Gasteiger partial charge in [-0.1, -0.05) is 97.9 Å². The second-order valence-electron chi connectivity index (χ2n) is 12.1. The van der Waals surface area contributed by atoms with Crippen LogP contribution >= 0.6 is 0 Å². The number of nitrogens with zero attached hydrogens (tertiary/aromatic N) is 5. The number of rotatable bonds is 8. The van der Waals surface area contributed by atoms with Crippen LogP contribution in [0.5, 0.6) is 5.75 Å². The van der Waals surface area contributed by atoms with Gasteiger partial charge in [0.1, 0.15) is 17.0 Å². The summed E-state index contributed by atoms with van der Waals surface area (Å²) < 4.78 is 8.41. The Kier molecular flexibility index (Phi) is 7.34. The highest BCUT2D eigenvalue weighted by Crippen LogP contribution is 2.44. The topological polar surface area (TPSA) is 56.1 Å². The molecule has 1 aliphatic heterocycles. The van der Waals surface area contributed by atoms with Gasteiger partial charge in [0.2, 0.25) is 0 Å². The van der Waals surface area contributed by atoms with Gasteiger partial charge in [0.05, 0.1) is 17.8 Å². The summed E-state index contributed by atoms with van der Waals surface area (Å²) in [5, 5.41) is 15.6. The van der Waals surface area contributed by atoms with Crippen molar-refractivity contribution in [3.05, 3.63) is 138 Å². The average molecular weight is 580 g/mol. The minimum Gasteiger partial charge on any atom is -0.491 e. The molecule has 0 amide bonds. The molecule has 0 bridgehead atoms. The maximum Gasteiger partial charge on any atom is 0.151 e. The van der Waals surface area contributed by atoms with Gasteiger partial charge in [0, 0.05) is 24.0 Å². The predicted octanol–water partition coefficient (Wildman–Crippen LogP) is 7.97. The molecule has 0 spiro atoms.